The van der Waals surface area contributed by atoms with Gasteiger partial charge in [-0.25, -0.2) is 15.0 Å². The van der Waals surface area contributed by atoms with Crippen LogP contribution < -0.4 is 10.9 Å². The summed E-state index contributed by atoms with van der Waals surface area (Å²) < 4.78 is 2.91. The van der Waals surface area contributed by atoms with Crippen molar-refractivity contribution in [1.29, 1.82) is 0 Å². The largest absolute Gasteiger partial charge is 0.332 e. The fourth-order valence-electron chi connectivity index (χ4n) is 2.46. The minimum atomic E-state index is -0.149. The molecule has 8 heteroatoms. The predicted molar refractivity (Wildman–Crippen MR) is 94.7 cm³/mol. The summed E-state index contributed by atoms with van der Waals surface area (Å²) in [6, 6.07) is 5.26. The summed E-state index contributed by atoms with van der Waals surface area (Å²) in [5.41, 5.74) is 1.57. The average Bonchev–Trinajstić information content (AvgIpc) is 3.11. The molecule has 4 rings (SSSR count). The van der Waals surface area contributed by atoms with Crippen molar-refractivity contribution in [3.05, 3.63) is 52.7 Å². The quantitative estimate of drug-likeness (QED) is 0.600. The first-order valence-electron chi connectivity index (χ1n) is 7.31. The van der Waals surface area contributed by atoms with Gasteiger partial charge in [0.15, 0.2) is 10.8 Å². The first-order valence-corrected chi connectivity index (χ1v) is 8.12. The molecule has 0 aromatic carbocycles. The maximum absolute atomic E-state index is 11.5. The maximum Gasteiger partial charge on any atom is 0.249 e. The molecule has 0 unspecified atom stereocenters. The molecule has 0 radical (unpaired) electrons. The molecule has 0 saturated heterocycles. The van der Waals surface area contributed by atoms with E-state index in [1.54, 1.807) is 29.8 Å². The second-order valence-corrected chi connectivity index (χ2v) is 6.51. The smallest absolute Gasteiger partial charge is 0.249 e. The highest BCUT2D eigenvalue weighted by Gasteiger charge is 2.11. The van der Waals surface area contributed by atoms with E-state index in [0.717, 1.165) is 26.6 Å². The third-order valence-electron chi connectivity index (χ3n) is 3.54. The second-order valence-electron chi connectivity index (χ2n) is 5.48. The van der Waals surface area contributed by atoms with Crippen LogP contribution in [0.1, 0.15) is 5.56 Å². The Morgan fingerprint density at radius 3 is 2.88 bits per heavy atom. The van der Waals surface area contributed by atoms with Gasteiger partial charge < -0.3 is 14.9 Å². The summed E-state index contributed by atoms with van der Waals surface area (Å²) in [5.74, 6) is 2.06. The van der Waals surface area contributed by atoms with Crippen molar-refractivity contribution in [2.24, 2.45) is 7.05 Å². The Bertz CT molecular complexity index is 1090. The zero-order valence-electron chi connectivity index (χ0n) is 13.1. The first kappa shape index (κ1) is 14.6. The number of aromatic nitrogens is 5. The van der Waals surface area contributed by atoms with Crippen LogP contribution in [0.5, 0.6) is 0 Å². The Balaban J connectivity index is 1.70. The molecule has 0 saturated carbocycles. The normalized spacial score (nSPS) is 11.1. The Labute approximate surface area is 141 Å². The lowest BCUT2D eigenvalue weighted by Crippen LogP contribution is -2.08. The Kier molecular flexibility index (Phi) is 3.39. The van der Waals surface area contributed by atoms with E-state index in [1.165, 1.54) is 0 Å². The average molecular weight is 338 g/mol. The summed E-state index contributed by atoms with van der Waals surface area (Å²) in [4.78, 5) is 27.6. The number of nitrogens with zero attached hydrogens (tertiary/aromatic N) is 4. The van der Waals surface area contributed by atoms with E-state index >= 15 is 0 Å². The standard InChI is InChI=1S/C16H14N6OS/c1-9-5-13(21-14(23)6-9)20-12-7-10-11(8-18-12)24-16(19-10)15-17-3-4-22(15)2/h3-8H,1-2H3,(H2,18,20,21,23). The Morgan fingerprint density at radius 2 is 2.12 bits per heavy atom. The van der Waals surface area contributed by atoms with Crippen LogP contribution in [-0.4, -0.2) is 24.5 Å². The molecule has 4 aromatic rings. The minimum Gasteiger partial charge on any atom is -0.332 e. The molecular formula is C16H14N6OS. The lowest BCUT2D eigenvalue weighted by Gasteiger charge is -2.05. The van der Waals surface area contributed by atoms with E-state index in [1.807, 2.05) is 36.9 Å². The van der Waals surface area contributed by atoms with Crippen LogP contribution in [-0.2, 0) is 7.05 Å². The number of hydrogen-bond donors (Lipinski definition) is 2. The van der Waals surface area contributed by atoms with Crippen LogP contribution in [0.2, 0.25) is 0 Å². The molecule has 4 heterocycles. The van der Waals surface area contributed by atoms with Gasteiger partial charge in [0.05, 0.1) is 10.2 Å². The Morgan fingerprint density at radius 1 is 1.25 bits per heavy atom. The van der Waals surface area contributed by atoms with Crippen molar-refractivity contribution in [3.63, 3.8) is 0 Å². The number of thiazole rings is 1. The molecular weight excluding hydrogens is 324 g/mol. The van der Waals surface area contributed by atoms with Gasteiger partial charge in [-0.3, -0.25) is 4.79 Å². The molecule has 0 amide bonds. The number of aromatic amines is 1. The zero-order valence-corrected chi connectivity index (χ0v) is 13.9. The van der Waals surface area contributed by atoms with Crippen LogP contribution in [0.4, 0.5) is 11.6 Å². The van der Waals surface area contributed by atoms with Gasteiger partial charge in [0, 0.05) is 37.8 Å². The fraction of sp³-hybridized carbons (Fsp3) is 0.125. The van der Waals surface area contributed by atoms with Gasteiger partial charge in [-0.2, -0.15) is 0 Å². The van der Waals surface area contributed by atoms with Crippen molar-refractivity contribution >= 4 is 33.2 Å². The molecule has 0 aliphatic heterocycles. The van der Waals surface area contributed by atoms with Gasteiger partial charge in [-0.1, -0.05) is 0 Å². The monoisotopic (exact) mass is 338 g/mol. The van der Waals surface area contributed by atoms with Crippen LogP contribution in [0.3, 0.4) is 0 Å². The number of fused-ring (bicyclic) bond motifs is 1. The molecule has 120 valence electrons. The van der Waals surface area contributed by atoms with Gasteiger partial charge in [-0.15, -0.1) is 11.3 Å². The van der Waals surface area contributed by atoms with E-state index < -0.39 is 0 Å². The van der Waals surface area contributed by atoms with Gasteiger partial charge in [0.2, 0.25) is 5.56 Å². The lowest BCUT2D eigenvalue weighted by atomic mass is 10.3. The molecule has 0 aliphatic carbocycles. The van der Waals surface area contributed by atoms with Gasteiger partial charge in [0.1, 0.15) is 11.6 Å². The molecule has 0 fully saturated rings. The topological polar surface area (TPSA) is 88.5 Å². The predicted octanol–water partition coefficient (Wildman–Crippen LogP) is 2.83. The fourth-order valence-corrected chi connectivity index (χ4v) is 3.41. The summed E-state index contributed by atoms with van der Waals surface area (Å²) in [5, 5.41) is 3.96. The van der Waals surface area contributed by atoms with Crippen molar-refractivity contribution in [1.82, 2.24) is 24.5 Å². The van der Waals surface area contributed by atoms with Crippen molar-refractivity contribution in [2.75, 3.05) is 5.32 Å². The molecule has 7 nitrogen and oxygen atoms in total. The maximum atomic E-state index is 11.5. The minimum absolute atomic E-state index is 0.149. The van der Waals surface area contributed by atoms with E-state index in [2.05, 4.69) is 25.3 Å². The second kappa shape index (κ2) is 5.57. The molecule has 0 aliphatic rings. The summed E-state index contributed by atoms with van der Waals surface area (Å²) in [6.07, 6.45) is 5.41. The molecule has 0 bridgehead atoms. The zero-order chi connectivity index (χ0) is 16.7. The molecule has 24 heavy (non-hydrogen) atoms. The van der Waals surface area contributed by atoms with Gasteiger partial charge in [-0.05, 0) is 18.6 Å². The number of nitrogens with one attached hydrogen (secondary N) is 2. The van der Waals surface area contributed by atoms with Crippen molar-refractivity contribution in [2.45, 2.75) is 6.92 Å². The van der Waals surface area contributed by atoms with Crippen molar-refractivity contribution in [3.8, 4) is 10.8 Å². The van der Waals surface area contributed by atoms with Gasteiger partial charge >= 0.3 is 0 Å². The third-order valence-corrected chi connectivity index (χ3v) is 4.54. The van der Waals surface area contributed by atoms with E-state index in [4.69, 9.17) is 0 Å². The van der Waals surface area contributed by atoms with Crippen LogP contribution >= 0.6 is 11.3 Å². The number of H-pyrrole nitrogens is 1. The SMILES string of the molecule is Cc1cc(Nc2cc3nc(-c4nccn4C)sc3cn2)[nH]c(=O)c1. The molecule has 4 aromatic heterocycles. The van der Waals surface area contributed by atoms with Crippen LogP contribution in [0.25, 0.3) is 21.0 Å². The third kappa shape index (κ3) is 2.67. The molecule has 2 N–H and O–H groups in total. The molecule has 0 spiro atoms. The number of rotatable bonds is 3. The van der Waals surface area contributed by atoms with E-state index in [0.29, 0.717) is 11.6 Å². The number of pyridine rings is 2. The summed E-state index contributed by atoms with van der Waals surface area (Å²) in [7, 11) is 1.94. The summed E-state index contributed by atoms with van der Waals surface area (Å²) >= 11 is 1.55. The highest BCUT2D eigenvalue weighted by molar-refractivity contribution is 7.21. The van der Waals surface area contributed by atoms with Crippen LogP contribution in [0.15, 0.2) is 41.6 Å². The highest BCUT2D eigenvalue weighted by Crippen LogP contribution is 2.29. The highest BCUT2D eigenvalue weighted by atomic mass is 32.1. The Hall–Kier alpha value is -3.00. The van der Waals surface area contributed by atoms with E-state index in [-0.39, 0.29) is 5.56 Å². The number of anilines is 2. The lowest BCUT2D eigenvalue weighted by molar-refractivity contribution is 0.923. The van der Waals surface area contributed by atoms with Gasteiger partial charge in [0.25, 0.3) is 0 Å². The van der Waals surface area contributed by atoms with Crippen molar-refractivity contribution < 1.29 is 0 Å². The number of aryl methyl sites for hydroxylation is 2. The van der Waals surface area contributed by atoms with Crippen LogP contribution in [0, 0.1) is 6.92 Å². The first-order chi connectivity index (χ1) is 11.6. The molecule has 0 atom stereocenters. The number of imidazole rings is 1. The number of hydrogen-bond acceptors (Lipinski definition) is 6. The van der Waals surface area contributed by atoms with E-state index in [9.17, 15) is 4.79 Å². The summed E-state index contributed by atoms with van der Waals surface area (Å²) in [6.45, 7) is 1.87.